The van der Waals surface area contributed by atoms with E-state index in [-0.39, 0.29) is 18.4 Å². The Morgan fingerprint density at radius 3 is 2.95 bits per heavy atom. The van der Waals surface area contributed by atoms with Crippen molar-refractivity contribution in [2.45, 2.75) is 31.8 Å². The zero-order valence-corrected chi connectivity index (χ0v) is 13.5. The first kappa shape index (κ1) is 16.8. The maximum Gasteiger partial charge on any atom is 0.242 e. The van der Waals surface area contributed by atoms with Gasteiger partial charge in [0.2, 0.25) is 11.8 Å². The maximum absolute atomic E-state index is 12.1. The van der Waals surface area contributed by atoms with Gasteiger partial charge in [0.15, 0.2) is 0 Å². The van der Waals surface area contributed by atoms with Gasteiger partial charge in [-0.15, -0.1) is 0 Å². The monoisotopic (exact) mass is 323 g/mol. The third-order valence-electron chi connectivity index (χ3n) is 3.68. The first-order valence-electron chi connectivity index (χ1n) is 7.55. The standard InChI is InChI=1S/C16H22ClN3O2/c1-20(10-12-6-2-3-7-13(12)17)11-15(21)19-14-8-4-5-9-18-16(14)22/h2-3,6-7,14H,4-5,8-11H2,1H3,(H,18,22)(H,19,21)/t14-/m0/s1. The average Bonchev–Trinajstić information content (AvgIpc) is 2.66. The van der Waals surface area contributed by atoms with Gasteiger partial charge in [-0.3, -0.25) is 14.5 Å². The van der Waals surface area contributed by atoms with Crippen LogP contribution in [-0.2, 0) is 16.1 Å². The number of carbonyl (C=O) groups is 2. The van der Waals surface area contributed by atoms with Crippen LogP contribution in [0.3, 0.4) is 0 Å². The summed E-state index contributed by atoms with van der Waals surface area (Å²) in [6, 6.07) is 7.16. The highest BCUT2D eigenvalue weighted by molar-refractivity contribution is 6.31. The highest BCUT2D eigenvalue weighted by Crippen LogP contribution is 2.16. The first-order chi connectivity index (χ1) is 10.6. The van der Waals surface area contributed by atoms with E-state index in [4.69, 9.17) is 11.6 Å². The quantitative estimate of drug-likeness (QED) is 0.864. The summed E-state index contributed by atoms with van der Waals surface area (Å²) in [5, 5.41) is 6.32. The van der Waals surface area contributed by atoms with Gasteiger partial charge in [-0.05, 0) is 37.9 Å². The van der Waals surface area contributed by atoms with E-state index in [0.29, 0.717) is 24.5 Å². The van der Waals surface area contributed by atoms with Gasteiger partial charge < -0.3 is 10.6 Å². The molecule has 0 unspecified atom stereocenters. The molecule has 0 aromatic heterocycles. The second-order valence-electron chi connectivity index (χ2n) is 5.67. The Balaban J connectivity index is 1.83. The SMILES string of the molecule is CN(CC(=O)N[C@H]1CCCCNC1=O)Cc1ccccc1Cl. The van der Waals surface area contributed by atoms with Gasteiger partial charge in [0.25, 0.3) is 0 Å². The van der Waals surface area contributed by atoms with Gasteiger partial charge in [-0.1, -0.05) is 29.8 Å². The van der Waals surface area contributed by atoms with Gasteiger partial charge in [0, 0.05) is 18.1 Å². The molecule has 5 nitrogen and oxygen atoms in total. The number of likely N-dealkylation sites (N-methyl/N-ethyl adjacent to an activating group) is 1. The molecule has 22 heavy (non-hydrogen) atoms. The Kier molecular flexibility index (Phi) is 6.21. The zero-order valence-electron chi connectivity index (χ0n) is 12.8. The van der Waals surface area contributed by atoms with Crippen LogP contribution in [0.2, 0.25) is 5.02 Å². The third-order valence-corrected chi connectivity index (χ3v) is 4.05. The Bertz CT molecular complexity index is 536. The Morgan fingerprint density at radius 2 is 2.18 bits per heavy atom. The van der Waals surface area contributed by atoms with Crippen LogP contribution in [0, 0.1) is 0 Å². The maximum atomic E-state index is 12.1. The molecule has 1 aliphatic heterocycles. The summed E-state index contributed by atoms with van der Waals surface area (Å²) in [5.74, 6) is -0.226. The van der Waals surface area contributed by atoms with E-state index < -0.39 is 6.04 Å². The molecule has 2 N–H and O–H groups in total. The lowest BCUT2D eigenvalue weighted by atomic mass is 10.1. The van der Waals surface area contributed by atoms with Crippen molar-refractivity contribution in [3.8, 4) is 0 Å². The number of halogens is 1. The van der Waals surface area contributed by atoms with Crippen LogP contribution >= 0.6 is 11.6 Å². The molecule has 1 aliphatic rings. The van der Waals surface area contributed by atoms with Crippen molar-refractivity contribution in [2.24, 2.45) is 0 Å². The normalized spacial score (nSPS) is 18.7. The highest BCUT2D eigenvalue weighted by atomic mass is 35.5. The van der Waals surface area contributed by atoms with Crippen LogP contribution < -0.4 is 10.6 Å². The Morgan fingerprint density at radius 1 is 1.41 bits per heavy atom. The summed E-state index contributed by atoms with van der Waals surface area (Å²) in [6.45, 7) is 1.51. The van der Waals surface area contributed by atoms with Crippen molar-refractivity contribution in [2.75, 3.05) is 20.1 Å². The Labute approximate surface area is 136 Å². The van der Waals surface area contributed by atoms with Gasteiger partial charge in [0.1, 0.15) is 6.04 Å². The topological polar surface area (TPSA) is 61.4 Å². The lowest BCUT2D eigenvalue weighted by Gasteiger charge is -2.20. The van der Waals surface area contributed by atoms with Gasteiger partial charge in [-0.2, -0.15) is 0 Å². The second kappa shape index (κ2) is 8.15. The lowest BCUT2D eigenvalue weighted by molar-refractivity contribution is -0.129. The molecule has 1 heterocycles. The van der Waals surface area contributed by atoms with Crippen molar-refractivity contribution in [3.05, 3.63) is 34.9 Å². The molecule has 120 valence electrons. The molecule has 2 amide bonds. The summed E-state index contributed by atoms with van der Waals surface area (Å²) in [7, 11) is 1.86. The molecule has 1 atom stereocenters. The Hall–Kier alpha value is -1.59. The molecular weight excluding hydrogens is 302 g/mol. The van der Waals surface area contributed by atoms with Crippen LogP contribution in [0.4, 0.5) is 0 Å². The molecule has 1 aromatic carbocycles. The summed E-state index contributed by atoms with van der Waals surface area (Å²) in [4.78, 5) is 25.8. The molecule has 0 aliphatic carbocycles. The van der Waals surface area contributed by atoms with E-state index in [1.165, 1.54) is 0 Å². The number of hydrogen-bond donors (Lipinski definition) is 2. The summed E-state index contributed by atoms with van der Waals surface area (Å²) < 4.78 is 0. The summed E-state index contributed by atoms with van der Waals surface area (Å²) in [5.41, 5.74) is 0.978. The second-order valence-corrected chi connectivity index (χ2v) is 6.08. The first-order valence-corrected chi connectivity index (χ1v) is 7.93. The minimum absolute atomic E-state index is 0.0837. The molecule has 6 heteroatoms. The van der Waals surface area contributed by atoms with Crippen LogP contribution in [0.1, 0.15) is 24.8 Å². The molecular formula is C16H22ClN3O2. The smallest absolute Gasteiger partial charge is 0.242 e. The van der Waals surface area contributed by atoms with Crippen LogP contribution in [0.5, 0.6) is 0 Å². The highest BCUT2D eigenvalue weighted by Gasteiger charge is 2.22. The number of nitrogens with zero attached hydrogens (tertiary/aromatic N) is 1. The molecule has 0 spiro atoms. The van der Waals surface area contributed by atoms with Crippen LogP contribution in [0.15, 0.2) is 24.3 Å². The number of nitrogens with one attached hydrogen (secondary N) is 2. The molecule has 1 saturated heterocycles. The van der Waals surface area contributed by atoms with E-state index in [0.717, 1.165) is 18.4 Å². The molecule has 0 radical (unpaired) electrons. The number of rotatable bonds is 5. The van der Waals surface area contributed by atoms with Crippen molar-refractivity contribution in [1.29, 1.82) is 0 Å². The van der Waals surface area contributed by atoms with Crippen molar-refractivity contribution < 1.29 is 9.59 Å². The fourth-order valence-corrected chi connectivity index (χ4v) is 2.73. The minimum atomic E-state index is -0.413. The van der Waals surface area contributed by atoms with Crippen molar-refractivity contribution in [3.63, 3.8) is 0 Å². The van der Waals surface area contributed by atoms with Gasteiger partial charge in [0.05, 0.1) is 6.54 Å². The van der Waals surface area contributed by atoms with E-state index in [9.17, 15) is 9.59 Å². The van der Waals surface area contributed by atoms with Crippen LogP contribution in [-0.4, -0.2) is 42.9 Å². The predicted octanol–water partition coefficient (Wildman–Crippen LogP) is 1.56. The number of carbonyl (C=O) groups excluding carboxylic acids is 2. The minimum Gasteiger partial charge on any atom is -0.354 e. The number of hydrogen-bond acceptors (Lipinski definition) is 3. The fourth-order valence-electron chi connectivity index (χ4n) is 2.54. The molecule has 1 fully saturated rings. The van der Waals surface area contributed by atoms with Crippen molar-refractivity contribution in [1.82, 2.24) is 15.5 Å². The zero-order chi connectivity index (χ0) is 15.9. The summed E-state index contributed by atoms with van der Waals surface area (Å²) >= 11 is 6.12. The molecule has 0 saturated carbocycles. The molecule has 1 aromatic rings. The van der Waals surface area contributed by atoms with E-state index in [1.807, 2.05) is 36.2 Å². The molecule has 2 rings (SSSR count). The molecule has 0 bridgehead atoms. The third kappa shape index (κ3) is 5.00. The number of benzene rings is 1. The van der Waals surface area contributed by atoms with Crippen LogP contribution in [0.25, 0.3) is 0 Å². The van der Waals surface area contributed by atoms with Gasteiger partial charge in [-0.25, -0.2) is 0 Å². The van der Waals surface area contributed by atoms with Gasteiger partial charge >= 0.3 is 0 Å². The average molecular weight is 324 g/mol. The fraction of sp³-hybridized carbons (Fsp3) is 0.500. The summed E-state index contributed by atoms with van der Waals surface area (Å²) in [6.07, 6.45) is 2.61. The van der Waals surface area contributed by atoms with Crippen molar-refractivity contribution >= 4 is 23.4 Å². The number of amides is 2. The predicted molar refractivity (Wildman–Crippen MR) is 86.6 cm³/mol. The van der Waals surface area contributed by atoms with E-state index >= 15 is 0 Å². The lowest BCUT2D eigenvalue weighted by Crippen LogP contribution is -2.48. The van der Waals surface area contributed by atoms with E-state index in [2.05, 4.69) is 10.6 Å². The van der Waals surface area contributed by atoms with E-state index in [1.54, 1.807) is 0 Å². The largest absolute Gasteiger partial charge is 0.354 e.